The molecule has 9 rings (SSSR count). The highest BCUT2D eigenvalue weighted by Crippen LogP contribution is 2.34. The van der Waals surface area contributed by atoms with Crippen LogP contribution in [0.2, 0.25) is 0 Å². The molecule has 0 saturated carbocycles. The predicted molar refractivity (Wildman–Crippen MR) is 290 cm³/mol. The fraction of sp³-hybridized carbons (Fsp3) is 0.241. The number of carbonyl (C=O) groups is 6. The second kappa shape index (κ2) is 23.8. The number of carboxylic acids is 1. The summed E-state index contributed by atoms with van der Waals surface area (Å²) in [6.45, 7) is 7.05. The molecule has 0 atom stereocenters. The van der Waals surface area contributed by atoms with Crippen LogP contribution < -0.4 is 28.1 Å². The average Bonchev–Trinajstić information content (AvgIpc) is 3.15. The minimum atomic E-state index is -4.41. The van der Waals surface area contributed by atoms with Crippen LogP contribution in [-0.2, 0) is 47.8 Å². The molecule has 0 radical (unpaired) electrons. The highest BCUT2D eigenvalue weighted by molar-refractivity contribution is 7.85. The number of aromatic nitrogens is 2. The molecule has 2 aromatic heterocycles. The zero-order valence-corrected chi connectivity index (χ0v) is 46.2. The number of imide groups is 1. The van der Waals surface area contributed by atoms with Crippen molar-refractivity contribution in [3.8, 4) is 23.0 Å². The van der Waals surface area contributed by atoms with Gasteiger partial charge in [0.05, 0.1) is 78.3 Å². The predicted octanol–water partition coefficient (Wildman–Crippen LogP) is 7.04. The first kappa shape index (κ1) is 58.3. The van der Waals surface area contributed by atoms with Gasteiger partial charge in [0.15, 0.2) is 13.1 Å². The monoisotopic (exact) mass is 1140 g/mol. The molecule has 81 heavy (non-hydrogen) atoms. The number of pyridine rings is 2. The molecule has 8 aromatic rings. The van der Waals surface area contributed by atoms with Gasteiger partial charge in [-0.15, -0.1) is 5.06 Å². The maximum atomic E-state index is 14.0. The molecule has 0 unspecified atom stereocenters. The van der Waals surface area contributed by atoms with Crippen molar-refractivity contribution in [1.29, 1.82) is 0 Å². The zero-order chi connectivity index (χ0) is 58.7. The molecule has 1 N–H and O–H groups in total. The van der Waals surface area contributed by atoms with E-state index in [-0.39, 0.29) is 72.5 Å². The van der Waals surface area contributed by atoms with Gasteiger partial charge in [0.1, 0.15) is 23.0 Å². The van der Waals surface area contributed by atoms with Gasteiger partial charge in [-0.1, -0.05) is 24.3 Å². The van der Waals surface area contributed by atoms with Crippen LogP contribution in [0.1, 0.15) is 89.4 Å². The van der Waals surface area contributed by atoms with Gasteiger partial charge in [-0.25, -0.2) is 36.0 Å². The summed E-state index contributed by atoms with van der Waals surface area (Å²) in [6.07, 6.45) is 0.101. The van der Waals surface area contributed by atoms with Crippen molar-refractivity contribution in [2.24, 2.45) is 0 Å². The summed E-state index contributed by atoms with van der Waals surface area (Å²) < 4.78 is 93.7. The molecule has 1 fully saturated rings. The van der Waals surface area contributed by atoms with Crippen LogP contribution in [0.3, 0.4) is 0 Å². The van der Waals surface area contributed by atoms with Crippen molar-refractivity contribution in [3.05, 3.63) is 154 Å². The third kappa shape index (κ3) is 12.9. The number of ether oxygens (including phenoxy) is 4. The molecule has 1 saturated heterocycles. The minimum Gasteiger partial charge on any atom is -0.748 e. The number of hydrogen-bond donors (Lipinski definition) is 1. The summed E-state index contributed by atoms with van der Waals surface area (Å²) in [5.41, 5.74) is 5.04. The van der Waals surface area contributed by atoms with Crippen LogP contribution in [0.25, 0.3) is 43.6 Å². The number of hydrogen-bond acceptors (Lipinski definition) is 17. The Balaban J connectivity index is 0.000000216. The number of carboxylic acid groups (broad SMARTS) is 1. The van der Waals surface area contributed by atoms with Gasteiger partial charge in [0.2, 0.25) is 22.1 Å². The van der Waals surface area contributed by atoms with Crippen molar-refractivity contribution in [1.82, 2.24) is 5.06 Å². The molecule has 0 bridgehead atoms. The lowest BCUT2D eigenvalue weighted by atomic mass is 10.0. The number of methoxy groups -OCH3 is 2. The SMILES string of the molecule is COc1ccc2c(c1)c(C(=O)Oc1c(C)cc(C(=O)O)cc1C)c1ccccc1[n+]2CCCS(=O)(=O)[O-].COc1ccc2c(c1)c(C(=O)Oc1c(C)cc(C(=O)ON3C(=O)CCC3=O)cc1C)c1ccccc1[n+]2CCCS(=O)(=O)[O-]. The number of esters is 2. The maximum Gasteiger partial charge on any atom is 0.363 e. The lowest BCUT2D eigenvalue weighted by Crippen LogP contribution is -2.37. The minimum absolute atomic E-state index is 0.0319. The van der Waals surface area contributed by atoms with E-state index in [1.54, 1.807) is 113 Å². The highest BCUT2D eigenvalue weighted by Gasteiger charge is 2.34. The molecular weight excluding hydrogens is 1090 g/mol. The van der Waals surface area contributed by atoms with E-state index in [2.05, 4.69) is 0 Å². The number of rotatable bonds is 17. The van der Waals surface area contributed by atoms with Crippen LogP contribution in [0.5, 0.6) is 23.0 Å². The summed E-state index contributed by atoms with van der Waals surface area (Å²) >= 11 is 0. The van der Waals surface area contributed by atoms with Crippen LogP contribution in [0.4, 0.5) is 0 Å². The van der Waals surface area contributed by atoms with Crippen molar-refractivity contribution < 1.29 is 92.7 Å². The number of carbonyl (C=O) groups excluding carboxylic acids is 5. The Hall–Kier alpha value is -8.90. The van der Waals surface area contributed by atoms with Gasteiger partial charge in [-0.2, -0.15) is 9.13 Å². The first-order valence-corrected chi connectivity index (χ1v) is 28.2. The van der Waals surface area contributed by atoms with E-state index in [1.165, 1.54) is 38.5 Å². The van der Waals surface area contributed by atoms with Crippen molar-refractivity contribution >= 4 is 99.5 Å². The maximum absolute atomic E-state index is 14.0. The van der Waals surface area contributed by atoms with Gasteiger partial charge in [0.25, 0.3) is 11.8 Å². The number of hydroxylamine groups is 2. The molecule has 0 spiro atoms. The van der Waals surface area contributed by atoms with Crippen LogP contribution in [0.15, 0.2) is 109 Å². The van der Waals surface area contributed by atoms with Gasteiger partial charge in [-0.3, -0.25) is 9.59 Å². The Bertz CT molecular complexity index is 4100. The Morgan fingerprint density at radius 3 is 1.27 bits per heavy atom. The van der Waals surface area contributed by atoms with Gasteiger partial charge in [-0.05, 0) is 111 Å². The van der Waals surface area contributed by atoms with Crippen LogP contribution in [-0.4, -0.2) is 97.5 Å². The molecule has 420 valence electrons. The van der Waals surface area contributed by atoms with E-state index in [1.807, 2.05) is 9.13 Å². The largest absolute Gasteiger partial charge is 0.748 e. The van der Waals surface area contributed by atoms with Crippen molar-refractivity contribution in [2.45, 2.75) is 66.5 Å². The van der Waals surface area contributed by atoms with E-state index >= 15 is 0 Å². The van der Waals surface area contributed by atoms with Gasteiger partial charge >= 0.3 is 23.9 Å². The molecule has 23 heteroatoms. The number of nitrogens with zero attached hydrogens (tertiary/aromatic N) is 3. The number of aromatic carboxylic acids is 1. The Morgan fingerprint density at radius 1 is 0.531 bits per heavy atom. The first-order valence-electron chi connectivity index (χ1n) is 25.1. The molecule has 3 heterocycles. The highest BCUT2D eigenvalue weighted by atomic mass is 32.2. The quantitative estimate of drug-likeness (QED) is 0.0239. The Kier molecular flexibility index (Phi) is 17.1. The van der Waals surface area contributed by atoms with E-state index in [0.29, 0.717) is 82.4 Å². The topological polar surface area (TPSA) is 294 Å². The van der Waals surface area contributed by atoms with E-state index < -0.39 is 67.4 Å². The number of amides is 2. The van der Waals surface area contributed by atoms with E-state index in [0.717, 1.165) is 0 Å². The van der Waals surface area contributed by atoms with E-state index in [9.17, 15) is 59.8 Å². The van der Waals surface area contributed by atoms with Gasteiger partial charge in [0, 0.05) is 61.5 Å². The second-order valence-corrected chi connectivity index (χ2v) is 22.1. The number of aryl methyl sites for hydroxylation is 6. The molecule has 0 aliphatic carbocycles. The van der Waals surface area contributed by atoms with Crippen molar-refractivity contribution in [3.63, 3.8) is 0 Å². The Labute approximate surface area is 464 Å². The Morgan fingerprint density at radius 2 is 0.901 bits per heavy atom. The molecule has 6 aromatic carbocycles. The third-order valence-electron chi connectivity index (χ3n) is 13.4. The molecule has 21 nitrogen and oxygen atoms in total. The normalized spacial score (nSPS) is 12.6. The zero-order valence-electron chi connectivity index (χ0n) is 44.6. The van der Waals surface area contributed by atoms with Crippen molar-refractivity contribution in [2.75, 3.05) is 25.7 Å². The lowest BCUT2D eigenvalue weighted by Gasteiger charge is -2.16. The first-order chi connectivity index (χ1) is 38.4. The lowest BCUT2D eigenvalue weighted by molar-refractivity contribution is -0.645. The summed E-state index contributed by atoms with van der Waals surface area (Å²) in [4.78, 5) is 80.5. The summed E-state index contributed by atoms with van der Waals surface area (Å²) in [5, 5.41) is 11.9. The fourth-order valence-electron chi connectivity index (χ4n) is 9.81. The van der Waals surface area contributed by atoms with E-state index in [4.69, 9.17) is 23.8 Å². The summed E-state index contributed by atoms with van der Waals surface area (Å²) in [7, 11) is -5.80. The summed E-state index contributed by atoms with van der Waals surface area (Å²) in [5.74, 6) is -4.11. The number of benzene rings is 6. The molecular formula is C58H53N3O18S2. The molecule has 1 aliphatic heterocycles. The van der Waals surface area contributed by atoms with Gasteiger partial charge < -0.3 is 38.0 Å². The number of para-hydroxylation sites is 2. The average molecular weight is 1140 g/mol. The fourth-order valence-corrected chi connectivity index (χ4v) is 10.8. The summed E-state index contributed by atoms with van der Waals surface area (Å²) in [6, 6.07) is 30.3. The molecule has 1 aliphatic rings. The smallest absolute Gasteiger partial charge is 0.363 e. The third-order valence-corrected chi connectivity index (χ3v) is 15.0. The van der Waals surface area contributed by atoms with Crippen LogP contribution >= 0.6 is 0 Å². The standard InChI is InChI=1S/C31H28N2O10S.C27H25NO8S/c1-18-15-20(30(36)43-33-26(34)11-12-27(33)35)16-19(2)29(18)42-31(37)28-22-7-4-5-8-24(22)32(13-6-14-44(38,39)40)25-10-9-21(41-3)17-23(25)28;1-16-13-18(26(29)30)14-17(2)25(16)36-27(31)24-20-7-4-5-8-22(20)28(11-6-12-37(32,33)34)23-10-9-19(35-3)15-21(23)24/h4-5,7-10,15-17H,6,11-14H2,1-3H3;4-5,7-10,13-15H,6,11-12H2,1-3H3,(H-,29,30,32,33,34). The van der Waals surface area contributed by atoms with Crippen LogP contribution in [0, 0.1) is 27.7 Å². The molecule has 2 amide bonds. The second-order valence-electron chi connectivity index (χ2n) is 19.0. The number of fused-ring (bicyclic) bond motifs is 4.